The zero-order chi connectivity index (χ0) is 18.6. The number of hydrogen-bond donors (Lipinski definition) is 2. The summed E-state index contributed by atoms with van der Waals surface area (Å²) in [6.07, 6.45) is 0.693. The van der Waals surface area contributed by atoms with Crippen molar-refractivity contribution in [1.29, 1.82) is 0 Å². The molecule has 0 saturated heterocycles. The predicted octanol–water partition coefficient (Wildman–Crippen LogP) is 3.16. The number of carbonyl (C=O) groups excluding carboxylic acids is 1. The fourth-order valence-corrected chi connectivity index (χ4v) is 3.40. The van der Waals surface area contributed by atoms with Gasteiger partial charge in [0.15, 0.2) is 11.5 Å². The number of para-hydroxylation sites is 3. The number of H-pyrrole nitrogens is 1. The number of fused-ring (bicyclic) bond motifs is 4. The van der Waals surface area contributed by atoms with Gasteiger partial charge < -0.3 is 19.2 Å². The highest BCUT2D eigenvalue weighted by molar-refractivity contribution is 5.86. The lowest BCUT2D eigenvalue weighted by Crippen LogP contribution is -2.42. The number of rotatable bonds is 2. The monoisotopic (exact) mass is 366 g/mol. The van der Waals surface area contributed by atoms with Crippen molar-refractivity contribution in [2.75, 3.05) is 13.4 Å². The summed E-state index contributed by atoms with van der Waals surface area (Å²) in [5.41, 5.74) is 3.55. The van der Waals surface area contributed by atoms with Gasteiger partial charge >= 0.3 is 5.97 Å². The molecule has 0 spiro atoms. The summed E-state index contributed by atoms with van der Waals surface area (Å²) in [7, 11) is 0. The molecule has 3 heterocycles. The Morgan fingerprint density at radius 1 is 1.11 bits per heavy atom. The fraction of sp³-hybridized carbons (Fsp3) is 0.286. The van der Waals surface area contributed by atoms with Crippen LogP contribution in [0.2, 0.25) is 0 Å². The molecule has 27 heavy (non-hydrogen) atoms. The van der Waals surface area contributed by atoms with Crippen LogP contribution in [0.3, 0.4) is 0 Å². The van der Waals surface area contributed by atoms with Gasteiger partial charge in [0, 0.05) is 29.6 Å². The minimum Gasteiger partial charge on any atom is -0.465 e. The van der Waals surface area contributed by atoms with Gasteiger partial charge in [0.05, 0.1) is 6.61 Å². The molecular weight excluding hydrogens is 344 g/mol. The molecule has 0 radical (unpaired) electrons. The van der Waals surface area contributed by atoms with Crippen LogP contribution in [0.25, 0.3) is 10.9 Å². The van der Waals surface area contributed by atoms with Crippen molar-refractivity contribution in [3.63, 3.8) is 0 Å². The van der Waals surface area contributed by atoms with Crippen LogP contribution in [0.5, 0.6) is 11.5 Å². The molecule has 2 aliphatic heterocycles. The van der Waals surface area contributed by atoms with Crippen LogP contribution in [0.15, 0.2) is 48.5 Å². The quantitative estimate of drug-likeness (QED) is 0.682. The second kappa shape index (κ2) is 7.72. The smallest absolute Gasteiger partial charge is 0.323 e. The Bertz CT molecular complexity index is 927. The average Bonchev–Trinajstić information content (AvgIpc) is 3.32. The van der Waals surface area contributed by atoms with Crippen molar-refractivity contribution < 1.29 is 19.0 Å². The molecule has 3 aromatic rings. The first-order chi connectivity index (χ1) is 13.3. The lowest BCUT2D eigenvalue weighted by atomic mass is 9.99. The second-order valence-corrected chi connectivity index (χ2v) is 6.37. The number of nitrogens with one attached hydrogen (secondary N) is 2. The van der Waals surface area contributed by atoms with E-state index in [0.717, 1.165) is 17.0 Å². The normalized spacial score (nSPS) is 17.0. The van der Waals surface area contributed by atoms with Crippen molar-refractivity contribution in [1.82, 2.24) is 10.3 Å². The minimum atomic E-state index is -0.225. The molecule has 0 fully saturated rings. The van der Waals surface area contributed by atoms with E-state index in [1.807, 2.05) is 43.3 Å². The van der Waals surface area contributed by atoms with Gasteiger partial charge in [0.2, 0.25) is 6.79 Å². The highest BCUT2D eigenvalue weighted by Gasteiger charge is 2.27. The maximum absolute atomic E-state index is 11.8. The third-order valence-corrected chi connectivity index (χ3v) is 4.68. The van der Waals surface area contributed by atoms with Crippen LogP contribution in [0.4, 0.5) is 0 Å². The first-order valence-electron chi connectivity index (χ1n) is 9.09. The van der Waals surface area contributed by atoms with Gasteiger partial charge in [-0.3, -0.25) is 10.1 Å². The minimum absolute atomic E-state index is 0.159. The molecule has 0 aliphatic carbocycles. The number of hydrogen-bond acceptors (Lipinski definition) is 5. The van der Waals surface area contributed by atoms with Crippen molar-refractivity contribution in [2.45, 2.75) is 25.9 Å². The Labute approximate surface area is 157 Å². The summed E-state index contributed by atoms with van der Waals surface area (Å²) >= 11 is 0. The second-order valence-electron chi connectivity index (χ2n) is 6.37. The molecule has 6 nitrogen and oxygen atoms in total. The molecule has 1 aromatic heterocycles. The van der Waals surface area contributed by atoms with Crippen LogP contribution in [0.1, 0.15) is 18.2 Å². The Hall–Kier alpha value is -2.99. The van der Waals surface area contributed by atoms with E-state index in [1.54, 1.807) is 0 Å². The molecule has 0 saturated carbocycles. The molecule has 0 bridgehead atoms. The topological polar surface area (TPSA) is 72.6 Å². The number of esters is 1. The van der Waals surface area contributed by atoms with E-state index in [9.17, 15) is 4.79 Å². The largest absolute Gasteiger partial charge is 0.465 e. The molecule has 1 unspecified atom stereocenters. The number of aromatic nitrogens is 1. The zero-order valence-corrected chi connectivity index (χ0v) is 15.2. The first kappa shape index (κ1) is 17.4. The van der Waals surface area contributed by atoms with E-state index in [-0.39, 0.29) is 12.0 Å². The number of benzene rings is 2. The predicted molar refractivity (Wildman–Crippen MR) is 102 cm³/mol. The van der Waals surface area contributed by atoms with Crippen LogP contribution < -0.4 is 14.8 Å². The Kier molecular flexibility index (Phi) is 4.98. The van der Waals surface area contributed by atoms with Gasteiger partial charge in [-0.05, 0) is 30.7 Å². The lowest BCUT2D eigenvalue weighted by molar-refractivity contribution is -0.145. The molecule has 0 amide bonds. The standard InChI is InChI=1S/C14H16N2O2.C7H6O2/c1-2-18-14(17)12-7-10-9-5-3-4-6-11(9)16-13(10)8-15-12;1-2-4-7-6(3-1)8-5-9-7/h3-6,12,15-16H,2,7-8H2,1H3;1-4H,5H2. The summed E-state index contributed by atoms with van der Waals surface area (Å²) in [6.45, 7) is 3.31. The van der Waals surface area contributed by atoms with E-state index in [4.69, 9.17) is 14.2 Å². The van der Waals surface area contributed by atoms with Gasteiger partial charge in [-0.2, -0.15) is 0 Å². The highest BCUT2D eigenvalue weighted by Crippen LogP contribution is 2.30. The Morgan fingerprint density at radius 3 is 2.56 bits per heavy atom. The number of carbonyl (C=O) groups is 1. The third kappa shape index (κ3) is 3.61. The zero-order valence-electron chi connectivity index (χ0n) is 15.2. The van der Waals surface area contributed by atoms with E-state index in [2.05, 4.69) is 22.4 Å². The van der Waals surface area contributed by atoms with E-state index >= 15 is 0 Å². The van der Waals surface area contributed by atoms with Gasteiger partial charge in [-0.15, -0.1) is 0 Å². The van der Waals surface area contributed by atoms with Crippen molar-refractivity contribution in [3.8, 4) is 11.5 Å². The third-order valence-electron chi connectivity index (χ3n) is 4.68. The van der Waals surface area contributed by atoms with Crippen LogP contribution in [-0.4, -0.2) is 30.4 Å². The van der Waals surface area contributed by atoms with Crippen molar-refractivity contribution >= 4 is 16.9 Å². The Morgan fingerprint density at radius 2 is 1.81 bits per heavy atom. The van der Waals surface area contributed by atoms with Crippen LogP contribution in [-0.2, 0) is 22.5 Å². The number of aromatic amines is 1. The van der Waals surface area contributed by atoms with E-state index in [1.165, 1.54) is 16.6 Å². The first-order valence-corrected chi connectivity index (χ1v) is 9.09. The fourth-order valence-electron chi connectivity index (χ4n) is 3.40. The van der Waals surface area contributed by atoms with Gasteiger partial charge in [0.25, 0.3) is 0 Å². The molecule has 2 aliphatic rings. The summed E-state index contributed by atoms with van der Waals surface area (Å²) in [5.74, 6) is 1.53. The Balaban J connectivity index is 0.000000167. The van der Waals surface area contributed by atoms with Gasteiger partial charge in [-0.25, -0.2) is 0 Å². The maximum Gasteiger partial charge on any atom is 0.323 e. The number of ether oxygens (including phenoxy) is 3. The summed E-state index contributed by atoms with van der Waals surface area (Å²) in [5, 5.41) is 4.43. The SMILES string of the molecule is CCOC(=O)C1Cc2c([nH]c3ccccc23)CN1.c1ccc2c(c1)OCO2. The maximum atomic E-state index is 11.8. The molecule has 6 heteroatoms. The van der Waals surface area contributed by atoms with Crippen LogP contribution in [0, 0.1) is 0 Å². The van der Waals surface area contributed by atoms with Crippen molar-refractivity contribution in [3.05, 3.63) is 59.8 Å². The van der Waals surface area contributed by atoms with Gasteiger partial charge in [0.1, 0.15) is 6.04 Å². The van der Waals surface area contributed by atoms with Gasteiger partial charge in [-0.1, -0.05) is 30.3 Å². The van der Waals surface area contributed by atoms with E-state index in [0.29, 0.717) is 26.4 Å². The molecule has 5 rings (SSSR count). The van der Waals surface area contributed by atoms with Crippen molar-refractivity contribution in [2.24, 2.45) is 0 Å². The molecule has 140 valence electrons. The van der Waals surface area contributed by atoms with Crippen LogP contribution >= 0.6 is 0 Å². The highest BCUT2D eigenvalue weighted by atomic mass is 16.7. The summed E-state index contributed by atoms with van der Waals surface area (Å²) in [4.78, 5) is 15.2. The summed E-state index contributed by atoms with van der Waals surface area (Å²) in [6, 6.07) is 15.6. The molecule has 1 atom stereocenters. The average molecular weight is 366 g/mol. The summed E-state index contributed by atoms with van der Waals surface area (Å²) < 4.78 is 15.2. The lowest BCUT2D eigenvalue weighted by Gasteiger charge is -2.22. The molecular formula is C21H22N2O4. The van der Waals surface area contributed by atoms with E-state index < -0.39 is 0 Å². The molecule has 2 aromatic carbocycles. The molecule has 2 N–H and O–H groups in total.